The number of pyridine rings is 1. The first-order valence-corrected chi connectivity index (χ1v) is 12.7. The number of carbonyl (C=O) groups is 1. The van der Waals surface area contributed by atoms with E-state index in [-0.39, 0.29) is 34.6 Å². The molecule has 0 spiro atoms. The summed E-state index contributed by atoms with van der Waals surface area (Å²) in [6.07, 6.45) is 2.86. The second-order valence-electron chi connectivity index (χ2n) is 8.22. The van der Waals surface area contributed by atoms with Gasteiger partial charge in [-0.05, 0) is 42.3 Å². The van der Waals surface area contributed by atoms with E-state index < -0.39 is 32.5 Å². The van der Waals surface area contributed by atoms with E-state index in [4.69, 9.17) is 0 Å². The van der Waals surface area contributed by atoms with E-state index in [9.17, 15) is 32.8 Å². The molecule has 0 saturated carbocycles. The van der Waals surface area contributed by atoms with Crippen LogP contribution in [0.15, 0.2) is 59.5 Å². The molecule has 0 unspecified atom stereocenters. The van der Waals surface area contributed by atoms with E-state index >= 15 is 0 Å². The van der Waals surface area contributed by atoms with E-state index in [1.807, 2.05) is 11.6 Å². The lowest BCUT2D eigenvalue weighted by Crippen LogP contribution is -2.96. The molecule has 36 heavy (non-hydrogen) atoms. The van der Waals surface area contributed by atoms with Crippen molar-refractivity contribution in [2.24, 2.45) is 0 Å². The molecule has 0 radical (unpaired) electrons. The topological polar surface area (TPSA) is 152 Å². The van der Waals surface area contributed by atoms with Crippen LogP contribution in [0.25, 0.3) is 22.0 Å². The molecule has 12 heteroatoms. The van der Waals surface area contributed by atoms with Gasteiger partial charge in [0.2, 0.25) is 10.0 Å². The first-order valence-electron chi connectivity index (χ1n) is 10.8. The highest BCUT2D eigenvalue weighted by molar-refractivity contribution is 7.89. The minimum atomic E-state index is -4.01. The van der Waals surface area contributed by atoms with Crippen LogP contribution in [0.5, 0.6) is 0 Å². The van der Waals surface area contributed by atoms with Gasteiger partial charge in [0.25, 0.3) is 11.5 Å². The normalized spacial score (nSPS) is 11.8. The fourth-order valence-corrected chi connectivity index (χ4v) is 4.56. The van der Waals surface area contributed by atoms with E-state index in [1.54, 1.807) is 24.3 Å². The summed E-state index contributed by atoms with van der Waals surface area (Å²) in [5.74, 6) is -1.76. The Bertz CT molecular complexity index is 1640. The summed E-state index contributed by atoms with van der Waals surface area (Å²) in [7, 11) is -4.01. The van der Waals surface area contributed by atoms with Gasteiger partial charge in [-0.1, -0.05) is 13.0 Å². The fourth-order valence-electron chi connectivity index (χ4n) is 4.12. The van der Waals surface area contributed by atoms with Crippen LogP contribution < -0.4 is 15.5 Å². The largest absolute Gasteiger partial charge is 0.628 e. The number of benzene rings is 2. The molecule has 10 nitrogen and oxygen atoms in total. The predicted molar refractivity (Wildman–Crippen MR) is 133 cm³/mol. The van der Waals surface area contributed by atoms with Crippen LogP contribution in [-0.2, 0) is 23.0 Å². The van der Waals surface area contributed by atoms with Crippen molar-refractivity contribution in [2.45, 2.75) is 19.9 Å². The number of hydrogen-bond donors (Lipinski definition) is 3. The molecular weight excluding hydrogens is 491 g/mol. The fraction of sp³-hybridized carbons (Fsp3) is 0.167. The molecule has 0 aliphatic carbocycles. The Labute approximate surface area is 205 Å². The van der Waals surface area contributed by atoms with Gasteiger partial charge in [-0.15, -0.1) is 0 Å². The van der Waals surface area contributed by atoms with Gasteiger partial charge in [-0.25, -0.2) is 17.5 Å². The zero-order chi connectivity index (χ0) is 26.2. The molecule has 3 N–H and O–H groups in total. The summed E-state index contributed by atoms with van der Waals surface area (Å²) >= 11 is 0. The third-order valence-electron chi connectivity index (χ3n) is 5.73. The number of aromatic amines is 1. The van der Waals surface area contributed by atoms with Gasteiger partial charge in [-0.2, -0.15) is 0 Å². The number of rotatable bonds is 7. The van der Waals surface area contributed by atoms with Gasteiger partial charge in [0.15, 0.2) is 0 Å². The monoisotopic (exact) mass is 513 g/mol. The molecule has 2 heterocycles. The molecule has 2 aromatic heterocycles. The number of sulfonamides is 1. The molecule has 188 valence electrons. The van der Waals surface area contributed by atoms with Crippen LogP contribution in [0.3, 0.4) is 0 Å². The zero-order valence-electron chi connectivity index (χ0n) is 19.3. The smallest absolute Gasteiger partial charge is 0.282 e. The molecule has 4 rings (SSSR count). The Morgan fingerprint density at radius 1 is 1.17 bits per heavy atom. The van der Waals surface area contributed by atoms with Crippen molar-refractivity contribution in [3.63, 3.8) is 0 Å². The summed E-state index contributed by atoms with van der Waals surface area (Å²) in [5.41, 5.74) is 0.524. The average molecular weight is 514 g/mol. The number of carbonyl (C=O) groups excluding carboxylic acids is 1. The summed E-state index contributed by atoms with van der Waals surface area (Å²) in [5, 5.41) is 21.7. The highest BCUT2D eigenvalue weighted by atomic mass is 32.2. The van der Waals surface area contributed by atoms with Gasteiger partial charge < -0.3 is 25.2 Å². The van der Waals surface area contributed by atoms with E-state index in [0.717, 1.165) is 30.0 Å². The first kappa shape index (κ1) is 25.3. The third-order valence-corrected chi connectivity index (χ3v) is 6.28. The standard InChI is InChI=1S/C24H22FN4O6S/c1-3-14-6-9-20-18(11-14)21(17-5-4-10-26-23(17)30)22(24(31)27-36(2,34)35)28(20)13-15-12-16(29(32)33)7-8-19(15)25/h4-12,29H,3,13H2,1-2H3,(H,26,30)(H,27,31)/q-1. The molecule has 4 aromatic rings. The second kappa shape index (κ2) is 9.66. The number of H-pyrrole nitrogens is 1. The molecule has 0 aliphatic rings. The number of hydrogen-bond acceptors (Lipinski definition) is 6. The Balaban J connectivity index is 2.09. The second-order valence-corrected chi connectivity index (χ2v) is 9.97. The van der Waals surface area contributed by atoms with Crippen molar-refractivity contribution >= 4 is 32.5 Å². The van der Waals surface area contributed by atoms with Crippen LogP contribution in [0.4, 0.5) is 10.1 Å². The molecule has 0 saturated heterocycles. The Morgan fingerprint density at radius 3 is 2.56 bits per heavy atom. The number of quaternary nitrogens is 1. The minimum absolute atomic E-state index is 0.0740. The van der Waals surface area contributed by atoms with E-state index in [2.05, 4.69) is 4.98 Å². The van der Waals surface area contributed by atoms with Gasteiger partial charge in [0.1, 0.15) is 17.2 Å². The lowest BCUT2D eigenvalue weighted by atomic mass is 10.0. The van der Waals surface area contributed by atoms with Gasteiger partial charge in [0.05, 0.1) is 12.8 Å². The molecule has 0 atom stereocenters. The maximum atomic E-state index is 14.8. The number of nitrogens with zero attached hydrogens (tertiary/aromatic N) is 1. The third kappa shape index (κ3) is 4.93. The highest BCUT2D eigenvalue weighted by Crippen LogP contribution is 2.35. The first-order chi connectivity index (χ1) is 17.0. The minimum Gasteiger partial charge on any atom is -0.628 e. The van der Waals surface area contributed by atoms with Crippen LogP contribution in [0.2, 0.25) is 0 Å². The van der Waals surface area contributed by atoms with E-state index in [0.29, 0.717) is 17.3 Å². The summed E-state index contributed by atoms with van der Waals surface area (Å²) in [6, 6.07) is 11.4. The summed E-state index contributed by atoms with van der Waals surface area (Å²) < 4.78 is 41.9. The Kier molecular flexibility index (Phi) is 6.78. The molecule has 0 aliphatic heterocycles. The number of aryl methyl sites for hydroxylation is 1. The van der Waals surface area contributed by atoms with Crippen LogP contribution in [0.1, 0.15) is 28.5 Å². The van der Waals surface area contributed by atoms with Crippen molar-refractivity contribution < 1.29 is 22.8 Å². The lowest BCUT2D eigenvalue weighted by molar-refractivity contribution is -0.715. The molecule has 0 bridgehead atoms. The number of amides is 1. The van der Waals surface area contributed by atoms with Crippen molar-refractivity contribution in [1.29, 1.82) is 0 Å². The van der Waals surface area contributed by atoms with Gasteiger partial charge >= 0.3 is 0 Å². The Hall–Kier alpha value is -3.84. The lowest BCUT2D eigenvalue weighted by Gasteiger charge is -2.25. The number of fused-ring (bicyclic) bond motifs is 1. The van der Waals surface area contributed by atoms with Gasteiger partial charge in [0, 0.05) is 45.9 Å². The molecule has 0 fully saturated rings. The maximum Gasteiger partial charge on any atom is 0.282 e. The maximum absolute atomic E-state index is 14.8. The molecule has 1 amide bonds. The van der Waals surface area contributed by atoms with Crippen molar-refractivity contribution in [1.82, 2.24) is 14.3 Å². The number of aromatic nitrogens is 2. The molecular formula is C24H22FN4O6S-. The van der Waals surface area contributed by atoms with E-state index in [1.165, 1.54) is 16.8 Å². The highest BCUT2D eigenvalue weighted by Gasteiger charge is 2.28. The zero-order valence-corrected chi connectivity index (χ0v) is 20.1. The number of nitrogens with one attached hydrogen (secondary N) is 3. The van der Waals surface area contributed by atoms with Crippen molar-refractivity contribution in [3.8, 4) is 11.1 Å². The van der Waals surface area contributed by atoms with Crippen molar-refractivity contribution in [2.75, 3.05) is 6.26 Å². The Morgan fingerprint density at radius 2 is 1.92 bits per heavy atom. The molecule has 2 aromatic carbocycles. The van der Waals surface area contributed by atoms with Crippen LogP contribution >= 0.6 is 0 Å². The summed E-state index contributed by atoms with van der Waals surface area (Å²) in [4.78, 5) is 28.7. The van der Waals surface area contributed by atoms with Crippen LogP contribution in [0, 0.1) is 16.2 Å². The average Bonchev–Trinajstić information content (AvgIpc) is 3.12. The SMILES string of the molecule is CCc1ccc2c(c1)c(-c1ccc[nH]c1=O)c(C(=O)NS(C)(=O)=O)n2Cc1cc([NH+]([O-])[O-])ccc1F. The van der Waals surface area contributed by atoms with Crippen molar-refractivity contribution in [3.05, 3.63) is 98.1 Å². The summed E-state index contributed by atoms with van der Waals surface area (Å²) in [6.45, 7) is 1.59. The van der Waals surface area contributed by atoms with Crippen LogP contribution in [-0.4, -0.2) is 30.1 Å². The number of halogens is 1. The predicted octanol–water partition coefficient (Wildman–Crippen LogP) is 1.95. The quantitative estimate of drug-likeness (QED) is 0.321. The van der Waals surface area contributed by atoms with Gasteiger partial charge in [-0.3, -0.25) is 9.59 Å².